The van der Waals surface area contributed by atoms with E-state index >= 15 is 0 Å². The zero-order valence-corrected chi connectivity index (χ0v) is 11.8. The van der Waals surface area contributed by atoms with Gasteiger partial charge in [0.25, 0.3) is 0 Å². The molecule has 2 amide bonds. The van der Waals surface area contributed by atoms with Gasteiger partial charge < -0.3 is 21.5 Å². The Labute approximate surface area is 119 Å². The van der Waals surface area contributed by atoms with Crippen molar-refractivity contribution in [3.63, 3.8) is 0 Å². The van der Waals surface area contributed by atoms with Crippen LogP contribution >= 0.6 is 0 Å². The number of urea groups is 1. The number of aliphatic hydroxyl groups is 1. The quantitative estimate of drug-likeness (QED) is 0.680. The zero-order valence-electron chi connectivity index (χ0n) is 11.8. The number of carbonyl (C=O) groups is 1. The van der Waals surface area contributed by atoms with E-state index in [4.69, 9.17) is 5.73 Å². The molecule has 5 heteroatoms. The van der Waals surface area contributed by atoms with Crippen LogP contribution in [0.5, 0.6) is 0 Å². The zero-order chi connectivity index (χ0) is 14.5. The van der Waals surface area contributed by atoms with Crippen molar-refractivity contribution in [1.29, 1.82) is 0 Å². The Morgan fingerprint density at radius 2 is 1.85 bits per heavy atom. The van der Waals surface area contributed by atoms with E-state index in [1.165, 1.54) is 5.56 Å². The van der Waals surface area contributed by atoms with E-state index in [9.17, 15) is 9.90 Å². The summed E-state index contributed by atoms with van der Waals surface area (Å²) in [5, 5.41) is 15.6. The fourth-order valence-corrected chi connectivity index (χ4v) is 2.69. The fourth-order valence-electron chi connectivity index (χ4n) is 2.69. The number of hydrogen-bond donors (Lipinski definition) is 4. The molecule has 0 aromatic heterocycles. The van der Waals surface area contributed by atoms with Crippen molar-refractivity contribution < 1.29 is 9.90 Å². The highest BCUT2D eigenvalue weighted by atomic mass is 16.3. The molecule has 0 radical (unpaired) electrons. The number of carbonyl (C=O) groups excluding carboxylic acids is 1. The first-order valence-corrected chi connectivity index (χ1v) is 7.15. The normalized spacial score (nSPS) is 24.1. The van der Waals surface area contributed by atoms with Crippen LogP contribution in [-0.4, -0.2) is 23.3 Å². The molecule has 1 aliphatic carbocycles. The van der Waals surface area contributed by atoms with Gasteiger partial charge in [-0.05, 0) is 50.3 Å². The SMILES string of the molecule is CC(NC1CCC(O)CC1)c1ccc(NC(N)=O)cc1. The van der Waals surface area contributed by atoms with E-state index in [1.807, 2.05) is 24.3 Å². The maximum atomic E-state index is 10.8. The van der Waals surface area contributed by atoms with E-state index in [1.54, 1.807) is 0 Å². The van der Waals surface area contributed by atoms with Crippen LogP contribution in [-0.2, 0) is 0 Å². The maximum Gasteiger partial charge on any atom is 0.316 e. The Kier molecular flexibility index (Phi) is 4.98. The van der Waals surface area contributed by atoms with Gasteiger partial charge in [0.05, 0.1) is 6.10 Å². The van der Waals surface area contributed by atoms with Gasteiger partial charge in [0, 0.05) is 17.8 Å². The van der Waals surface area contributed by atoms with E-state index in [0.717, 1.165) is 25.7 Å². The lowest BCUT2D eigenvalue weighted by Gasteiger charge is -2.29. The average molecular weight is 277 g/mol. The molecule has 1 fully saturated rings. The standard InChI is InChI=1S/C15H23N3O2/c1-10(17-12-6-8-14(19)9-7-12)11-2-4-13(5-3-11)18-15(16)20/h2-5,10,12,14,17,19H,6-9H2,1H3,(H3,16,18,20). The fraction of sp³-hybridized carbons (Fsp3) is 0.533. The van der Waals surface area contributed by atoms with Crippen molar-refractivity contribution >= 4 is 11.7 Å². The molecular weight excluding hydrogens is 254 g/mol. The van der Waals surface area contributed by atoms with Gasteiger partial charge in [0.15, 0.2) is 0 Å². The Hall–Kier alpha value is -1.59. The largest absolute Gasteiger partial charge is 0.393 e. The Morgan fingerprint density at radius 1 is 1.25 bits per heavy atom. The van der Waals surface area contributed by atoms with Crippen LogP contribution in [0.2, 0.25) is 0 Å². The number of primary amides is 1. The van der Waals surface area contributed by atoms with Gasteiger partial charge in [-0.25, -0.2) is 4.79 Å². The molecule has 1 aromatic carbocycles. The van der Waals surface area contributed by atoms with Crippen LogP contribution in [0.15, 0.2) is 24.3 Å². The predicted octanol–water partition coefficient (Wildman–Crippen LogP) is 2.13. The summed E-state index contributed by atoms with van der Waals surface area (Å²) in [7, 11) is 0. The molecule has 5 N–H and O–H groups in total. The molecule has 0 heterocycles. The smallest absolute Gasteiger partial charge is 0.316 e. The summed E-state index contributed by atoms with van der Waals surface area (Å²) in [5.41, 5.74) is 6.95. The highest BCUT2D eigenvalue weighted by molar-refractivity contribution is 5.87. The average Bonchev–Trinajstić information content (AvgIpc) is 2.41. The second-order valence-electron chi connectivity index (χ2n) is 5.51. The topological polar surface area (TPSA) is 87.4 Å². The Balaban J connectivity index is 1.88. The van der Waals surface area contributed by atoms with E-state index in [-0.39, 0.29) is 12.1 Å². The van der Waals surface area contributed by atoms with E-state index in [0.29, 0.717) is 11.7 Å². The second kappa shape index (κ2) is 6.72. The minimum absolute atomic E-state index is 0.123. The molecule has 0 saturated heterocycles. The number of hydrogen-bond acceptors (Lipinski definition) is 3. The molecule has 1 aliphatic rings. The number of rotatable bonds is 4. The van der Waals surface area contributed by atoms with Gasteiger partial charge in [0.2, 0.25) is 0 Å². The minimum atomic E-state index is -0.551. The summed E-state index contributed by atoms with van der Waals surface area (Å²) in [6.07, 6.45) is 3.68. The lowest BCUT2D eigenvalue weighted by Crippen LogP contribution is -2.36. The van der Waals surface area contributed by atoms with Crippen molar-refractivity contribution in [2.75, 3.05) is 5.32 Å². The van der Waals surface area contributed by atoms with Gasteiger partial charge in [-0.2, -0.15) is 0 Å². The molecule has 0 bridgehead atoms. The van der Waals surface area contributed by atoms with Gasteiger partial charge >= 0.3 is 6.03 Å². The lowest BCUT2D eigenvalue weighted by molar-refractivity contribution is 0.114. The maximum absolute atomic E-state index is 10.8. The predicted molar refractivity (Wildman–Crippen MR) is 79.5 cm³/mol. The molecule has 1 unspecified atom stereocenters. The van der Waals surface area contributed by atoms with Crippen LogP contribution in [0.3, 0.4) is 0 Å². The van der Waals surface area contributed by atoms with Crippen molar-refractivity contribution in [1.82, 2.24) is 5.32 Å². The summed E-state index contributed by atoms with van der Waals surface area (Å²) < 4.78 is 0. The van der Waals surface area contributed by atoms with Crippen LogP contribution in [0.4, 0.5) is 10.5 Å². The lowest BCUT2D eigenvalue weighted by atomic mass is 9.92. The third-order valence-corrected chi connectivity index (χ3v) is 3.86. The van der Waals surface area contributed by atoms with Crippen LogP contribution < -0.4 is 16.4 Å². The number of amides is 2. The molecule has 0 aliphatic heterocycles. The number of benzene rings is 1. The number of nitrogens with one attached hydrogen (secondary N) is 2. The van der Waals surface area contributed by atoms with Crippen molar-refractivity contribution in [3.8, 4) is 0 Å². The Bertz CT molecular complexity index is 439. The number of aliphatic hydroxyl groups excluding tert-OH is 1. The summed E-state index contributed by atoms with van der Waals surface area (Å²) >= 11 is 0. The van der Waals surface area contributed by atoms with Gasteiger partial charge in [-0.1, -0.05) is 12.1 Å². The second-order valence-corrected chi connectivity index (χ2v) is 5.51. The third kappa shape index (κ3) is 4.21. The van der Waals surface area contributed by atoms with Crippen molar-refractivity contribution in [3.05, 3.63) is 29.8 Å². The molecule has 5 nitrogen and oxygen atoms in total. The molecule has 1 saturated carbocycles. The molecule has 2 rings (SSSR count). The number of anilines is 1. The van der Waals surface area contributed by atoms with E-state index < -0.39 is 6.03 Å². The molecule has 110 valence electrons. The third-order valence-electron chi connectivity index (χ3n) is 3.86. The highest BCUT2D eigenvalue weighted by Crippen LogP contribution is 2.22. The first kappa shape index (κ1) is 14.8. The summed E-state index contributed by atoms with van der Waals surface area (Å²) in [6.45, 7) is 2.13. The van der Waals surface area contributed by atoms with Gasteiger partial charge in [0.1, 0.15) is 0 Å². The summed E-state index contributed by atoms with van der Waals surface area (Å²) in [5.74, 6) is 0. The molecular formula is C15H23N3O2. The van der Waals surface area contributed by atoms with Crippen LogP contribution in [0, 0.1) is 0 Å². The molecule has 1 atom stereocenters. The van der Waals surface area contributed by atoms with Crippen LogP contribution in [0.1, 0.15) is 44.2 Å². The molecule has 1 aromatic rings. The number of nitrogens with two attached hydrogens (primary N) is 1. The molecule has 0 spiro atoms. The Morgan fingerprint density at radius 3 is 2.40 bits per heavy atom. The highest BCUT2D eigenvalue weighted by Gasteiger charge is 2.20. The summed E-state index contributed by atoms with van der Waals surface area (Å²) in [6, 6.07) is 7.84. The monoisotopic (exact) mass is 277 g/mol. The van der Waals surface area contributed by atoms with Gasteiger partial charge in [-0.15, -0.1) is 0 Å². The minimum Gasteiger partial charge on any atom is -0.393 e. The van der Waals surface area contributed by atoms with Crippen LogP contribution in [0.25, 0.3) is 0 Å². The summed E-state index contributed by atoms with van der Waals surface area (Å²) in [4.78, 5) is 10.8. The first-order valence-electron chi connectivity index (χ1n) is 7.15. The molecule has 20 heavy (non-hydrogen) atoms. The van der Waals surface area contributed by atoms with Crippen molar-refractivity contribution in [2.45, 2.75) is 50.8 Å². The van der Waals surface area contributed by atoms with Crippen molar-refractivity contribution in [2.24, 2.45) is 5.73 Å². The first-order chi connectivity index (χ1) is 9.54. The van der Waals surface area contributed by atoms with E-state index in [2.05, 4.69) is 17.6 Å². The van der Waals surface area contributed by atoms with Gasteiger partial charge in [-0.3, -0.25) is 0 Å².